The summed E-state index contributed by atoms with van der Waals surface area (Å²) in [5.74, 6) is -0.722. The quantitative estimate of drug-likeness (QED) is 0.408. The lowest BCUT2D eigenvalue weighted by molar-refractivity contribution is -0.114. The predicted octanol–water partition coefficient (Wildman–Crippen LogP) is 1.10. The van der Waals surface area contributed by atoms with Gasteiger partial charge in [0.2, 0.25) is 0 Å². The SMILES string of the molecule is [NH]C(=O)C=CC=CCl. The summed E-state index contributed by atoms with van der Waals surface area (Å²) in [5, 5.41) is 0. The summed E-state index contributed by atoms with van der Waals surface area (Å²) in [4.78, 5) is 9.82. The zero-order valence-electron chi connectivity index (χ0n) is 4.10. The minimum Gasteiger partial charge on any atom is -0.268 e. The first-order valence-electron chi connectivity index (χ1n) is 1.96. The molecule has 1 radical (unpaired) electrons. The lowest BCUT2D eigenvalue weighted by Crippen LogP contribution is -1.88. The highest BCUT2D eigenvalue weighted by Crippen LogP contribution is 1.79. The molecule has 3 heteroatoms. The number of carbonyl (C=O) groups is 1. The highest BCUT2D eigenvalue weighted by atomic mass is 35.5. The van der Waals surface area contributed by atoms with Gasteiger partial charge in [0.05, 0.1) is 0 Å². The third-order valence-electron chi connectivity index (χ3n) is 0.431. The Bertz CT molecular complexity index is 128. The van der Waals surface area contributed by atoms with Gasteiger partial charge < -0.3 is 0 Å². The topological polar surface area (TPSA) is 40.9 Å². The second-order valence-corrected chi connectivity index (χ2v) is 1.29. The van der Waals surface area contributed by atoms with E-state index in [4.69, 9.17) is 17.3 Å². The molecule has 0 heterocycles. The van der Waals surface area contributed by atoms with Crippen LogP contribution in [-0.4, -0.2) is 5.91 Å². The van der Waals surface area contributed by atoms with Crippen LogP contribution >= 0.6 is 11.6 Å². The molecule has 8 heavy (non-hydrogen) atoms. The van der Waals surface area contributed by atoms with Gasteiger partial charge in [-0.2, -0.15) is 0 Å². The molecule has 1 amide bonds. The van der Waals surface area contributed by atoms with Gasteiger partial charge in [0, 0.05) is 11.6 Å². The average Bonchev–Trinajstić information content (AvgIpc) is 1.66. The standard InChI is InChI=1S/C5H5ClNO/c6-4-2-1-3-5(7)8/h1-4,7H. The zero-order chi connectivity index (χ0) is 6.41. The summed E-state index contributed by atoms with van der Waals surface area (Å²) in [6.45, 7) is 0. The van der Waals surface area contributed by atoms with Crippen molar-refractivity contribution in [1.29, 1.82) is 0 Å². The Morgan fingerprint density at radius 3 is 2.50 bits per heavy atom. The van der Waals surface area contributed by atoms with Crippen LogP contribution in [0, 0.1) is 0 Å². The van der Waals surface area contributed by atoms with Gasteiger partial charge in [-0.3, -0.25) is 10.5 Å². The normalized spacial score (nSPS) is 11.1. The Labute approximate surface area is 52.6 Å². The molecule has 1 N–H and O–H groups in total. The fraction of sp³-hybridized carbons (Fsp3) is 0. The molecule has 0 aliphatic heterocycles. The van der Waals surface area contributed by atoms with Gasteiger partial charge in [-0.1, -0.05) is 23.8 Å². The fourth-order valence-electron chi connectivity index (χ4n) is 0.185. The number of hydrogen-bond acceptors (Lipinski definition) is 1. The summed E-state index contributed by atoms with van der Waals surface area (Å²) in [5.41, 5.74) is 7.62. The molecule has 0 unspecified atom stereocenters. The second-order valence-electron chi connectivity index (χ2n) is 1.04. The average molecular weight is 131 g/mol. The van der Waals surface area contributed by atoms with Crippen molar-refractivity contribution in [3.05, 3.63) is 23.8 Å². The monoisotopic (exact) mass is 130 g/mol. The first-order valence-corrected chi connectivity index (χ1v) is 2.40. The molecule has 43 valence electrons. The van der Waals surface area contributed by atoms with E-state index in [9.17, 15) is 4.79 Å². The molecule has 0 atom stereocenters. The number of rotatable bonds is 2. The lowest BCUT2D eigenvalue weighted by Gasteiger charge is -1.70. The van der Waals surface area contributed by atoms with Crippen LogP contribution in [0.4, 0.5) is 0 Å². The molecule has 0 aliphatic carbocycles. The summed E-state index contributed by atoms with van der Waals surface area (Å²) in [6, 6.07) is 0. The van der Waals surface area contributed by atoms with Gasteiger partial charge in [0.15, 0.2) is 0 Å². The summed E-state index contributed by atoms with van der Waals surface area (Å²) in [7, 11) is 0. The first kappa shape index (κ1) is 7.24. The minimum atomic E-state index is -0.722. The van der Waals surface area contributed by atoms with E-state index >= 15 is 0 Å². The molecular weight excluding hydrogens is 126 g/mol. The van der Waals surface area contributed by atoms with E-state index in [1.165, 1.54) is 17.7 Å². The van der Waals surface area contributed by atoms with E-state index in [0.717, 1.165) is 6.08 Å². The third kappa shape index (κ3) is 5.24. The van der Waals surface area contributed by atoms with Gasteiger partial charge in [-0.05, 0) is 0 Å². The van der Waals surface area contributed by atoms with Crippen LogP contribution in [0.3, 0.4) is 0 Å². The van der Waals surface area contributed by atoms with Crippen LogP contribution in [-0.2, 0) is 4.79 Å². The van der Waals surface area contributed by atoms with Crippen molar-refractivity contribution in [2.45, 2.75) is 0 Å². The largest absolute Gasteiger partial charge is 0.268 e. The Morgan fingerprint density at radius 1 is 1.50 bits per heavy atom. The van der Waals surface area contributed by atoms with Crippen LogP contribution < -0.4 is 5.73 Å². The van der Waals surface area contributed by atoms with Gasteiger partial charge in [-0.25, -0.2) is 0 Å². The van der Waals surface area contributed by atoms with E-state index in [1.807, 2.05) is 0 Å². The van der Waals surface area contributed by atoms with Crippen molar-refractivity contribution in [3.8, 4) is 0 Å². The van der Waals surface area contributed by atoms with Crippen molar-refractivity contribution in [2.24, 2.45) is 0 Å². The van der Waals surface area contributed by atoms with Gasteiger partial charge in [-0.15, -0.1) is 0 Å². The van der Waals surface area contributed by atoms with E-state index in [0.29, 0.717) is 0 Å². The maximum absolute atomic E-state index is 9.82. The Kier molecular flexibility index (Phi) is 3.98. The molecule has 0 aliphatic rings. The summed E-state index contributed by atoms with van der Waals surface area (Å²) in [6.07, 6.45) is 3.98. The number of nitrogens with one attached hydrogen (secondary N) is 1. The molecule has 0 aromatic carbocycles. The number of amides is 1. The molecule has 0 saturated heterocycles. The minimum absolute atomic E-state index is 0.722. The van der Waals surface area contributed by atoms with Crippen LogP contribution in [0.1, 0.15) is 0 Å². The van der Waals surface area contributed by atoms with Crippen LogP contribution in [0.25, 0.3) is 0 Å². The molecule has 0 fully saturated rings. The van der Waals surface area contributed by atoms with Gasteiger partial charge in [0.25, 0.3) is 5.91 Å². The number of carbonyl (C=O) groups excluding carboxylic acids is 1. The summed E-state index contributed by atoms with van der Waals surface area (Å²) >= 11 is 5.08. The second kappa shape index (κ2) is 4.40. The maximum Gasteiger partial charge on any atom is 0.262 e. The van der Waals surface area contributed by atoms with E-state index in [-0.39, 0.29) is 0 Å². The highest BCUT2D eigenvalue weighted by Gasteiger charge is 1.77. The van der Waals surface area contributed by atoms with Crippen LogP contribution in [0.2, 0.25) is 0 Å². The smallest absolute Gasteiger partial charge is 0.262 e. The lowest BCUT2D eigenvalue weighted by atomic mass is 10.5. The van der Waals surface area contributed by atoms with Crippen LogP contribution in [0.5, 0.6) is 0 Å². The van der Waals surface area contributed by atoms with Crippen molar-refractivity contribution in [3.63, 3.8) is 0 Å². The third-order valence-corrected chi connectivity index (χ3v) is 0.577. The van der Waals surface area contributed by atoms with Crippen molar-refractivity contribution >= 4 is 17.5 Å². The Hall–Kier alpha value is -0.760. The first-order chi connectivity index (χ1) is 3.77. The molecule has 0 aromatic rings. The van der Waals surface area contributed by atoms with Crippen LogP contribution in [0.15, 0.2) is 23.8 Å². The fourth-order valence-corrected chi connectivity index (χ4v) is 0.269. The molecule has 0 aromatic heterocycles. The zero-order valence-corrected chi connectivity index (χ0v) is 4.85. The molecule has 0 rings (SSSR count). The summed E-state index contributed by atoms with van der Waals surface area (Å²) < 4.78 is 0. The predicted molar refractivity (Wildman–Crippen MR) is 32.2 cm³/mol. The molecule has 0 saturated carbocycles. The van der Waals surface area contributed by atoms with Gasteiger partial charge >= 0.3 is 0 Å². The molecule has 0 bridgehead atoms. The number of halogens is 1. The van der Waals surface area contributed by atoms with E-state index < -0.39 is 5.91 Å². The highest BCUT2D eigenvalue weighted by molar-refractivity contribution is 6.25. The molecule has 2 nitrogen and oxygen atoms in total. The van der Waals surface area contributed by atoms with E-state index in [2.05, 4.69) is 0 Å². The maximum atomic E-state index is 9.82. The molecule has 0 spiro atoms. The Balaban J connectivity index is 3.50. The van der Waals surface area contributed by atoms with Crippen molar-refractivity contribution in [2.75, 3.05) is 0 Å². The van der Waals surface area contributed by atoms with Gasteiger partial charge in [0.1, 0.15) is 0 Å². The van der Waals surface area contributed by atoms with Crippen molar-refractivity contribution in [1.82, 2.24) is 5.73 Å². The Morgan fingerprint density at radius 2 is 2.12 bits per heavy atom. The van der Waals surface area contributed by atoms with E-state index in [1.54, 1.807) is 0 Å². The molecular formula is C5H5ClNO. The number of allylic oxidation sites excluding steroid dienone is 2. The van der Waals surface area contributed by atoms with Crippen molar-refractivity contribution < 1.29 is 4.79 Å². The number of hydrogen-bond donors (Lipinski definition) is 0.